The lowest BCUT2D eigenvalue weighted by atomic mass is 9.90. The summed E-state index contributed by atoms with van der Waals surface area (Å²) in [5.74, 6) is -0.475. The van der Waals surface area contributed by atoms with Crippen molar-refractivity contribution < 1.29 is 14.3 Å². The molecule has 0 spiro atoms. The van der Waals surface area contributed by atoms with Gasteiger partial charge in [0.05, 0.1) is 5.92 Å². The van der Waals surface area contributed by atoms with Gasteiger partial charge in [0.2, 0.25) is 0 Å². The molecule has 0 radical (unpaired) electrons. The van der Waals surface area contributed by atoms with Crippen molar-refractivity contribution in [3.63, 3.8) is 0 Å². The number of nitroso groups, excluding NO2 is 1. The molecule has 2 aromatic carbocycles. The van der Waals surface area contributed by atoms with E-state index in [2.05, 4.69) is 5.18 Å². The molecule has 0 saturated carbocycles. The molecule has 0 fully saturated rings. The Morgan fingerprint density at radius 1 is 1.14 bits per heavy atom. The van der Waals surface area contributed by atoms with Crippen molar-refractivity contribution in [2.24, 2.45) is 11.1 Å². The maximum absolute atomic E-state index is 11.7. The van der Waals surface area contributed by atoms with Crippen molar-refractivity contribution in [1.29, 1.82) is 0 Å². The second kappa shape index (κ2) is 7.97. The highest BCUT2D eigenvalue weighted by molar-refractivity contribution is 5.83. The average Bonchev–Trinajstić information content (AvgIpc) is 3.29. The van der Waals surface area contributed by atoms with Gasteiger partial charge in [-0.15, -0.1) is 0 Å². The predicted octanol–water partition coefficient (Wildman–Crippen LogP) is 5.45. The summed E-state index contributed by atoms with van der Waals surface area (Å²) in [6.07, 6.45) is 4.42. The number of aryl methyl sites for hydroxylation is 3. The Hall–Kier alpha value is -2.95. The zero-order valence-corrected chi connectivity index (χ0v) is 15.6. The van der Waals surface area contributed by atoms with E-state index in [0.717, 1.165) is 47.1 Å². The Kier molecular flexibility index (Phi) is 5.24. The maximum atomic E-state index is 11.7. The van der Waals surface area contributed by atoms with Crippen molar-refractivity contribution in [2.45, 2.75) is 44.6 Å². The summed E-state index contributed by atoms with van der Waals surface area (Å²) >= 11 is 0. The third-order valence-corrected chi connectivity index (χ3v) is 5.72. The number of benzene rings is 2. The van der Waals surface area contributed by atoms with E-state index in [1.807, 2.05) is 48.5 Å². The van der Waals surface area contributed by atoms with Crippen LogP contribution < -0.4 is 0 Å². The van der Waals surface area contributed by atoms with Gasteiger partial charge < -0.3 is 9.52 Å². The molecule has 2 atom stereocenters. The molecule has 1 aliphatic rings. The van der Waals surface area contributed by atoms with E-state index >= 15 is 0 Å². The molecule has 4 rings (SSSR count). The molecule has 0 saturated heterocycles. The van der Waals surface area contributed by atoms with Gasteiger partial charge in [0, 0.05) is 17.4 Å². The van der Waals surface area contributed by atoms with Crippen LogP contribution in [0.2, 0.25) is 0 Å². The molecule has 3 aromatic rings. The van der Waals surface area contributed by atoms with Crippen LogP contribution in [0, 0.1) is 10.8 Å². The number of rotatable bonds is 8. The zero-order chi connectivity index (χ0) is 19.5. The number of aliphatic carboxylic acids is 1. The van der Waals surface area contributed by atoms with Crippen LogP contribution in [0.5, 0.6) is 0 Å². The van der Waals surface area contributed by atoms with Gasteiger partial charge in [-0.05, 0) is 49.3 Å². The number of hydrogen-bond acceptors (Lipinski definition) is 4. The topological polar surface area (TPSA) is 79.9 Å². The first-order valence-corrected chi connectivity index (χ1v) is 9.79. The molecule has 0 bridgehead atoms. The smallest absolute Gasteiger partial charge is 0.306 e. The zero-order valence-electron chi connectivity index (χ0n) is 15.6. The first kappa shape index (κ1) is 18.4. The van der Waals surface area contributed by atoms with Crippen LogP contribution in [0.25, 0.3) is 11.0 Å². The minimum Gasteiger partial charge on any atom is -0.481 e. The molecule has 0 aliphatic heterocycles. The van der Waals surface area contributed by atoms with Crippen LogP contribution in [0.1, 0.15) is 47.8 Å². The Labute approximate surface area is 163 Å². The lowest BCUT2D eigenvalue weighted by molar-refractivity contribution is -0.142. The van der Waals surface area contributed by atoms with Crippen LogP contribution in [-0.4, -0.2) is 11.1 Å². The Bertz CT molecular complexity index is 993. The molecule has 144 valence electrons. The SMILES string of the molecule is O=NC(CC(CCc1ccccc1)C(=O)O)c1ccc2c3c(oc2c1)CCC3. The van der Waals surface area contributed by atoms with Crippen molar-refractivity contribution >= 4 is 16.9 Å². The van der Waals surface area contributed by atoms with Crippen LogP contribution in [0.15, 0.2) is 58.1 Å². The number of nitrogens with zero attached hydrogens (tertiary/aromatic N) is 1. The van der Waals surface area contributed by atoms with Crippen molar-refractivity contribution in [3.8, 4) is 0 Å². The second-order valence-corrected chi connectivity index (χ2v) is 7.53. The minimum absolute atomic E-state index is 0.192. The lowest BCUT2D eigenvalue weighted by Crippen LogP contribution is -2.17. The summed E-state index contributed by atoms with van der Waals surface area (Å²) in [6.45, 7) is 0. The Morgan fingerprint density at radius 3 is 2.71 bits per heavy atom. The molecular weight excluding hydrogens is 354 g/mol. The third kappa shape index (κ3) is 3.70. The monoisotopic (exact) mass is 377 g/mol. The van der Waals surface area contributed by atoms with E-state index < -0.39 is 17.9 Å². The average molecular weight is 377 g/mol. The van der Waals surface area contributed by atoms with Gasteiger partial charge >= 0.3 is 5.97 Å². The lowest BCUT2D eigenvalue weighted by Gasteiger charge is -2.16. The molecule has 5 nitrogen and oxygen atoms in total. The van der Waals surface area contributed by atoms with Gasteiger partial charge in [-0.1, -0.05) is 47.6 Å². The number of hydrogen-bond donors (Lipinski definition) is 1. The minimum atomic E-state index is -0.886. The molecule has 1 aromatic heterocycles. The number of carboxylic acid groups (broad SMARTS) is 1. The molecule has 2 unspecified atom stereocenters. The summed E-state index contributed by atoms with van der Waals surface area (Å²) in [5, 5.41) is 14.0. The third-order valence-electron chi connectivity index (χ3n) is 5.72. The summed E-state index contributed by atoms with van der Waals surface area (Å²) < 4.78 is 5.94. The van der Waals surface area contributed by atoms with Crippen molar-refractivity contribution in [3.05, 3.63) is 75.9 Å². The summed E-state index contributed by atoms with van der Waals surface area (Å²) in [6, 6.07) is 14.8. The number of furan rings is 1. The van der Waals surface area contributed by atoms with Crippen LogP contribution in [0.3, 0.4) is 0 Å². The van der Waals surface area contributed by atoms with E-state index in [4.69, 9.17) is 4.42 Å². The van der Waals surface area contributed by atoms with Gasteiger partial charge in [0.25, 0.3) is 0 Å². The van der Waals surface area contributed by atoms with Gasteiger partial charge in [-0.25, -0.2) is 0 Å². The van der Waals surface area contributed by atoms with Crippen LogP contribution in [-0.2, 0) is 24.1 Å². The first-order chi connectivity index (χ1) is 13.7. The molecule has 0 amide bonds. The standard InChI is InChI=1S/C23H23NO4/c25-23(26)17(10-9-15-5-2-1-3-6-15)13-20(24-27)16-11-12-19-18-7-4-8-21(18)28-22(19)14-16/h1-3,5-6,11-12,14,17,20H,4,7-10,13H2,(H,25,26). The highest BCUT2D eigenvalue weighted by atomic mass is 16.4. The maximum Gasteiger partial charge on any atom is 0.306 e. The molecule has 5 heteroatoms. The molecular formula is C23H23NO4. The normalized spacial score (nSPS) is 15.3. The fourth-order valence-electron chi connectivity index (χ4n) is 4.16. The highest BCUT2D eigenvalue weighted by Gasteiger charge is 2.26. The van der Waals surface area contributed by atoms with Crippen molar-refractivity contribution in [1.82, 2.24) is 0 Å². The van der Waals surface area contributed by atoms with E-state index in [1.54, 1.807) is 0 Å². The number of carbonyl (C=O) groups is 1. The summed E-state index contributed by atoms with van der Waals surface area (Å²) in [5.41, 5.74) is 3.85. The van der Waals surface area contributed by atoms with Crippen LogP contribution >= 0.6 is 0 Å². The van der Waals surface area contributed by atoms with E-state index in [9.17, 15) is 14.8 Å². The van der Waals surface area contributed by atoms with Gasteiger partial charge in [0.15, 0.2) is 0 Å². The first-order valence-electron chi connectivity index (χ1n) is 9.79. The van der Waals surface area contributed by atoms with Gasteiger partial charge in [-0.2, -0.15) is 4.91 Å². The fourth-order valence-corrected chi connectivity index (χ4v) is 4.16. The fraction of sp³-hybridized carbons (Fsp3) is 0.348. The van der Waals surface area contributed by atoms with E-state index in [-0.39, 0.29) is 6.42 Å². The van der Waals surface area contributed by atoms with E-state index in [1.165, 1.54) is 5.56 Å². The van der Waals surface area contributed by atoms with Gasteiger partial charge in [-0.3, -0.25) is 4.79 Å². The number of carboxylic acids is 1. The quantitative estimate of drug-likeness (QED) is 0.529. The molecule has 1 N–H and O–H groups in total. The van der Waals surface area contributed by atoms with Crippen molar-refractivity contribution in [2.75, 3.05) is 0 Å². The second-order valence-electron chi connectivity index (χ2n) is 7.53. The predicted molar refractivity (Wildman–Crippen MR) is 107 cm³/mol. The van der Waals surface area contributed by atoms with E-state index in [0.29, 0.717) is 12.8 Å². The molecule has 1 heterocycles. The largest absolute Gasteiger partial charge is 0.481 e. The Morgan fingerprint density at radius 2 is 1.96 bits per heavy atom. The molecule has 28 heavy (non-hydrogen) atoms. The summed E-state index contributed by atoms with van der Waals surface area (Å²) in [4.78, 5) is 23.3. The number of fused-ring (bicyclic) bond motifs is 3. The highest BCUT2D eigenvalue weighted by Crippen LogP contribution is 2.36. The Balaban J connectivity index is 1.51. The summed E-state index contributed by atoms with van der Waals surface area (Å²) in [7, 11) is 0. The molecule has 1 aliphatic carbocycles. The van der Waals surface area contributed by atoms with Gasteiger partial charge in [0.1, 0.15) is 17.4 Å². The van der Waals surface area contributed by atoms with Crippen LogP contribution in [0.4, 0.5) is 0 Å².